The van der Waals surface area contributed by atoms with Crippen molar-refractivity contribution in [3.05, 3.63) is 94.6 Å². The van der Waals surface area contributed by atoms with Crippen molar-refractivity contribution >= 4 is 17.2 Å². The number of aryl methyl sites for hydroxylation is 1. The monoisotopic (exact) mass is 375 g/mol. The van der Waals surface area contributed by atoms with Crippen molar-refractivity contribution in [3.8, 4) is 11.4 Å². The van der Waals surface area contributed by atoms with Crippen molar-refractivity contribution in [2.75, 3.05) is 0 Å². The Morgan fingerprint density at radius 1 is 0.963 bits per heavy atom. The van der Waals surface area contributed by atoms with Crippen LogP contribution in [0.5, 0.6) is 0 Å². The van der Waals surface area contributed by atoms with Gasteiger partial charge in [-0.05, 0) is 49.1 Å². The lowest BCUT2D eigenvalue weighted by Gasteiger charge is -2.12. The van der Waals surface area contributed by atoms with Gasteiger partial charge in [-0.1, -0.05) is 72.3 Å². The predicted octanol–water partition coefficient (Wildman–Crippen LogP) is 6.09. The SMILES string of the molecule is C/C=C\C(=C(\C)Cc1nc(Cl)nc(-c2ccccc2)n1)c1ccccc1C. The highest BCUT2D eigenvalue weighted by molar-refractivity contribution is 6.28. The van der Waals surface area contributed by atoms with E-state index in [1.165, 1.54) is 22.3 Å². The van der Waals surface area contributed by atoms with E-state index in [1.54, 1.807) is 0 Å². The Bertz CT molecular complexity index is 992. The van der Waals surface area contributed by atoms with Crippen LogP contribution in [0, 0.1) is 6.92 Å². The zero-order valence-corrected chi connectivity index (χ0v) is 16.5. The number of hydrogen-bond donors (Lipinski definition) is 0. The van der Waals surface area contributed by atoms with Gasteiger partial charge in [-0.15, -0.1) is 0 Å². The Balaban J connectivity index is 2.01. The van der Waals surface area contributed by atoms with Crippen molar-refractivity contribution in [2.24, 2.45) is 0 Å². The molecule has 0 N–H and O–H groups in total. The molecule has 3 aromatic rings. The van der Waals surface area contributed by atoms with E-state index in [-0.39, 0.29) is 5.28 Å². The van der Waals surface area contributed by atoms with Gasteiger partial charge in [0.1, 0.15) is 5.82 Å². The minimum absolute atomic E-state index is 0.218. The number of benzene rings is 2. The first kappa shape index (κ1) is 19.0. The molecule has 0 atom stereocenters. The van der Waals surface area contributed by atoms with Crippen LogP contribution in [-0.4, -0.2) is 15.0 Å². The normalized spacial score (nSPS) is 12.3. The van der Waals surface area contributed by atoms with Crippen LogP contribution in [0.2, 0.25) is 5.28 Å². The summed E-state index contributed by atoms with van der Waals surface area (Å²) in [6.07, 6.45) is 4.80. The molecule has 0 bridgehead atoms. The van der Waals surface area contributed by atoms with Crippen molar-refractivity contribution in [2.45, 2.75) is 27.2 Å². The first-order valence-corrected chi connectivity index (χ1v) is 9.30. The summed E-state index contributed by atoms with van der Waals surface area (Å²) in [5.41, 5.74) is 5.76. The van der Waals surface area contributed by atoms with E-state index < -0.39 is 0 Å². The van der Waals surface area contributed by atoms with Gasteiger partial charge in [-0.2, -0.15) is 4.98 Å². The minimum Gasteiger partial charge on any atom is -0.213 e. The molecule has 0 saturated carbocycles. The molecule has 0 radical (unpaired) electrons. The molecule has 4 heteroatoms. The van der Waals surface area contributed by atoms with Crippen LogP contribution in [0.15, 0.2) is 72.3 Å². The standard InChI is InChI=1S/C23H22ClN3/c1-4-10-19(20-14-9-8-11-16(20)2)17(3)15-21-25-22(27-23(24)26-21)18-12-6-5-7-13-18/h4-14H,15H2,1-3H3/b10-4-,19-17+. The molecule has 1 aromatic heterocycles. The van der Waals surface area contributed by atoms with Crippen LogP contribution in [0.1, 0.15) is 30.8 Å². The van der Waals surface area contributed by atoms with Gasteiger partial charge < -0.3 is 0 Å². The molecule has 0 aliphatic rings. The lowest BCUT2D eigenvalue weighted by atomic mass is 9.94. The van der Waals surface area contributed by atoms with Gasteiger partial charge in [0.05, 0.1) is 0 Å². The number of hydrogen-bond acceptors (Lipinski definition) is 3. The van der Waals surface area contributed by atoms with Crippen LogP contribution in [0.4, 0.5) is 0 Å². The molecule has 27 heavy (non-hydrogen) atoms. The Morgan fingerprint density at radius 2 is 1.67 bits per heavy atom. The molecule has 0 fully saturated rings. The van der Waals surface area contributed by atoms with E-state index in [1.807, 2.05) is 37.3 Å². The molecule has 2 aromatic carbocycles. The summed E-state index contributed by atoms with van der Waals surface area (Å²) in [6, 6.07) is 18.2. The molecule has 136 valence electrons. The highest BCUT2D eigenvalue weighted by atomic mass is 35.5. The molecule has 0 spiro atoms. The van der Waals surface area contributed by atoms with E-state index in [4.69, 9.17) is 11.6 Å². The van der Waals surface area contributed by atoms with Gasteiger partial charge in [0, 0.05) is 12.0 Å². The van der Waals surface area contributed by atoms with E-state index in [2.05, 4.69) is 65.2 Å². The molecule has 0 aliphatic heterocycles. The van der Waals surface area contributed by atoms with Gasteiger partial charge in [0.15, 0.2) is 5.82 Å². The highest BCUT2D eigenvalue weighted by Crippen LogP contribution is 2.26. The van der Waals surface area contributed by atoms with Crippen LogP contribution in [-0.2, 0) is 6.42 Å². The van der Waals surface area contributed by atoms with Crippen molar-refractivity contribution in [3.63, 3.8) is 0 Å². The lowest BCUT2D eigenvalue weighted by Crippen LogP contribution is -2.03. The topological polar surface area (TPSA) is 38.7 Å². The average Bonchev–Trinajstić information content (AvgIpc) is 2.67. The smallest absolute Gasteiger partial charge is 0.213 e. The van der Waals surface area contributed by atoms with E-state index in [0.29, 0.717) is 18.1 Å². The number of aromatic nitrogens is 3. The van der Waals surface area contributed by atoms with Gasteiger partial charge in [-0.3, -0.25) is 0 Å². The van der Waals surface area contributed by atoms with Crippen molar-refractivity contribution in [1.29, 1.82) is 0 Å². The Morgan fingerprint density at radius 3 is 2.37 bits per heavy atom. The molecular weight excluding hydrogens is 354 g/mol. The second-order valence-corrected chi connectivity index (χ2v) is 6.73. The summed E-state index contributed by atoms with van der Waals surface area (Å²) >= 11 is 6.17. The van der Waals surface area contributed by atoms with Gasteiger partial charge in [-0.25, -0.2) is 9.97 Å². The summed E-state index contributed by atoms with van der Waals surface area (Å²) in [7, 11) is 0. The first-order chi connectivity index (χ1) is 13.1. The van der Waals surface area contributed by atoms with Crippen LogP contribution in [0.25, 0.3) is 17.0 Å². The van der Waals surface area contributed by atoms with E-state index in [9.17, 15) is 0 Å². The number of allylic oxidation sites excluding steroid dienone is 4. The molecule has 0 saturated heterocycles. The first-order valence-electron chi connectivity index (χ1n) is 8.93. The van der Waals surface area contributed by atoms with Gasteiger partial charge in [0.25, 0.3) is 0 Å². The molecular formula is C23H22ClN3. The molecule has 1 heterocycles. The van der Waals surface area contributed by atoms with Gasteiger partial charge >= 0.3 is 0 Å². The third kappa shape index (κ3) is 4.69. The van der Waals surface area contributed by atoms with E-state index in [0.717, 1.165) is 5.56 Å². The lowest BCUT2D eigenvalue weighted by molar-refractivity contribution is 0.916. The summed E-state index contributed by atoms with van der Waals surface area (Å²) < 4.78 is 0. The van der Waals surface area contributed by atoms with Crippen molar-refractivity contribution in [1.82, 2.24) is 15.0 Å². The van der Waals surface area contributed by atoms with Gasteiger partial charge in [0.2, 0.25) is 5.28 Å². The minimum atomic E-state index is 0.218. The highest BCUT2D eigenvalue weighted by Gasteiger charge is 2.11. The average molecular weight is 376 g/mol. The fraction of sp³-hybridized carbons (Fsp3) is 0.174. The Labute approximate surface area is 165 Å². The summed E-state index contributed by atoms with van der Waals surface area (Å²) in [5.74, 6) is 1.27. The zero-order valence-electron chi connectivity index (χ0n) is 15.8. The third-order valence-electron chi connectivity index (χ3n) is 4.34. The fourth-order valence-electron chi connectivity index (χ4n) is 3.02. The summed E-state index contributed by atoms with van der Waals surface area (Å²) in [5, 5.41) is 0.218. The second kappa shape index (κ2) is 8.74. The summed E-state index contributed by atoms with van der Waals surface area (Å²) in [4.78, 5) is 13.3. The number of halogens is 1. The largest absolute Gasteiger partial charge is 0.226 e. The van der Waals surface area contributed by atoms with Crippen molar-refractivity contribution < 1.29 is 0 Å². The zero-order chi connectivity index (χ0) is 19.2. The van der Waals surface area contributed by atoms with E-state index >= 15 is 0 Å². The quantitative estimate of drug-likeness (QED) is 0.506. The number of nitrogens with zero attached hydrogens (tertiary/aromatic N) is 3. The Hall–Kier alpha value is -2.78. The van der Waals surface area contributed by atoms with Crippen LogP contribution in [0.3, 0.4) is 0 Å². The maximum absolute atomic E-state index is 6.17. The maximum atomic E-state index is 6.17. The molecule has 0 amide bonds. The predicted molar refractivity (Wildman–Crippen MR) is 113 cm³/mol. The number of rotatable bonds is 5. The van der Waals surface area contributed by atoms with Crippen LogP contribution < -0.4 is 0 Å². The maximum Gasteiger partial charge on any atom is 0.226 e. The van der Waals surface area contributed by atoms with Crippen LogP contribution >= 0.6 is 11.6 Å². The summed E-state index contributed by atoms with van der Waals surface area (Å²) in [6.45, 7) is 6.26. The third-order valence-corrected chi connectivity index (χ3v) is 4.51. The molecule has 0 aliphatic carbocycles. The Kier molecular flexibility index (Phi) is 6.15. The second-order valence-electron chi connectivity index (χ2n) is 6.40. The molecule has 3 nitrogen and oxygen atoms in total. The fourth-order valence-corrected chi connectivity index (χ4v) is 3.20. The molecule has 0 unspecified atom stereocenters. The molecule has 3 rings (SSSR count).